The third-order valence-corrected chi connectivity index (χ3v) is 4.64. The third kappa shape index (κ3) is 1.84. The monoisotopic (exact) mass is 278 g/mol. The summed E-state index contributed by atoms with van der Waals surface area (Å²) in [5, 5.41) is 0. The molecule has 2 aromatic carbocycles. The highest BCUT2D eigenvalue weighted by atomic mass is 16.1. The number of carbonyl (C=O) groups is 1. The summed E-state index contributed by atoms with van der Waals surface area (Å²) in [6.07, 6.45) is 1.26. The summed E-state index contributed by atoms with van der Waals surface area (Å²) in [7, 11) is 2.11. The molecular weight excluding hydrogens is 260 g/mol. The lowest BCUT2D eigenvalue weighted by Crippen LogP contribution is -2.36. The van der Waals surface area contributed by atoms with E-state index in [-0.39, 0.29) is 6.04 Å². The SMILES string of the molecule is CN1c2ccccc2C2CC(=O)CCN2c2ccccc21. The Bertz CT molecular complexity index is 710. The summed E-state index contributed by atoms with van der Waals surface area (Å²) in [4.78, 5) is 16.6. The van der Waals surface area contributed by atoms with Crippen LogP contribution in [0.4, 0.5) is 17.1 Å². The van der Waals surface area contributed by atoms with Crippen LogP contribution in [0.15, 0.2) is 48.5 Å². The minimum Gasteiger partial charge on any atom is -0.362 e. The van der Waals surface area contributed by atoms with Gasteiger partial charge in [0.25, 0.3) is 0 Å². The van der Waals surface area contributed by atoms with Gasteiger partial charge in [-0.2, -0.15) is 0 Å². The predicted octanol–water partition coefficient (Wildman–Crippen LogP) is 3.68. The molecule has 3 heteroatoms. The number of benzene rings is 2. The second-order valence-corrected chi connectivity index (χ2v) is 5.81. The number of piperidine rings is 1. The van der Waals surface area contributed by atoms with Crippen molar-refractivity contribution in [3.05, 3.63) is 54.1 Å². The zero-order chi connectivity index (χ0) is 14.4. The first-order valence-corrected chi connectivity index (χ1v) is 7.46. The molecule has 2 aliphatic rings. The summed E-state index contributed by atoms with van der Waals surface area (Å²) in [5.74, 6) is 0.369. The fraction of sp³-hybridized carbons (Fsp3) is 0.278. The molecule has 1 atom stereocenters. The fourth-order valence-electron chi connectivity index (χ4n) is 3.59. The van der Waals surface area contributed by atoms with Gasteiger partial charge in [-0.15, -0.1) is 0 Å². The van der Waals surface area contributed by atoms with Crippen molar-refractivity contribution in [1.82, 2.24) is 0 Å². The smallest absolute Gasteiger partial charge is 0.137 e. The molecule has 2 aliphatic heterocycles. The first-order chi connectivity index (χ1) is 10.3. The molecule has 0 aliphatic carbocycles. The van der Waals surface area contributed by atoms with E-state index in [0.717, 1.165) is 6.54 Å². The molecule has 1 fully saturated rings. The minimum absolute atomic E-state index is 0.161. The van der Waals surface area contributed by atoms with E-state index >= 15 is 0 Å². The Morgan fingerprint density at radius 3 is 2.43 bits per heavy atom. The Labute approximate surface area is 124 Å². The molecule has 2 aromatic rings. The van der Waals surface area contributed by atoms with Crippen molar-refractivity contribution in [2.24, 2.45) is 0 Å². The van der Waals surface area contributed by atoms with Crippen LogP contribution < -0.4 is 9.80 Å². The van der Waals surface area contributed by atoms with Gasteiger partial charge in [-0.1, -0.05) is 30.3 Å². The molecule has 0 spiro atoms. The molecule has 21 heavy (non-hydrogen) atoms. The van der Waals surface area contributed by atoms with Crippen LogP contribution in [0.5, 0.6) is 0 Å². The van der Waals surface area contributed by atoms with E-state index in [2.05, 4.69) is 65.4 Å². The second kappa shape index (κ2) is 4.62. The van der Waals surface area contributed by atoms with Crippen molar-refractivity contribution in [2.75, 3.05) is 23.4 Å². The minimum atomic E-state index is 0.161. The molecule has 4 rings (SSSR count). The maximum Gasteiger partial charge on any atom is 0.137 e. The average molecular weight is 278 g/mol. The summed E-state index contributed by atoms with van der Waals surface area (Å²) in [5.41, 5.74) is 4.90. The van der Waals surface area contributed by atoms with E-state index < -0.39 is 0 Å². The molecular formula is C18H18N2O. The van der Waals surface area contributed by atoms with E-state index in [9.17, 15) is 4.79 Å². The van der Waals surface area contributed by atoms with Crippen LogP contribution in [0.1, 0.15) is 24.4 Å². The van der Waals surface area contributed by atoms with E-state index in [4.69, 9.17) is 0 Å². The first kappa shape index (κ1) is 12.5. The number of ketones is 1. The van der Waals surface area contributed by atoms with Crippen LogP contribution in [-0.4, -0.2) is 19.4 Å². The Kier molecular flexibility index (Phi) is 2.74. The fourth-order valence-corrected chi connectivity index (χ4v) is 3.59. The quantitative estimate of drug-likeness (QED) is 0.734. The average Bonchev–Trinajstić information content (AvgIpc) is 2.63. The molecule has 2 heterocycles. The Morgan fingerprint density at radius 1 is 0.952 bits per heavy atom. The van der Waals surface area contributed by atoms with Crippen molar-refractivity contribution in [1.29, 1.82) is 0 Å². The zero-order valence-corrected chi connectivity index (χ0v) is 12.1. The van der Waals surface area contributed by atoms with Gasteiger partial charge < -0.3 is 9.80 Å². The highest BCUT2D eigenvalue weighted by Gasteiger charge is 2.34. The van der Waals surface area contributed by atoms with E-state index in [1.54, 1.807) is 0 Å². The van der Waals surface area contributed by atoms with Crippen molar-refractivity contribution in [3.63, 3.8) is 0 Å². The van der Waals surface area contributed by atoms with Crippen molar-refractivity contribution in [3.8, 4) is 0 Å². The van der Waals surface area contributed by atoms with Crippen LogP contribution in [0.3, 0.4) is 0 Å². The summed E-state index contributed by atoms with van der Waals surface area (Å²) >= 11 is 0. The maximum atomic E-state index is 12.0. The van der Waals surface area contributed by atoms with Gasteiger partial charge in [0.1, 0.15) is 5.78 Å². The number of nitrogens with zero attached hydrogens (tertiary/aromatic N) is 2. The number of anilines is 3. The van der Waals surface area contributed by atoms with Crippen LogP contribution in [0, 0.1) is 0 Å². The molecule has 106 valence electrons. The number of rotatable bonds is 0. The molecule has 0 bridgehead atoms. The van der Waals surface area contributed by atoms with Gasteiger partial charge in [-0.05, 0) is 23.8 Å². The van der Waals surface area contributed by atoms with Crippen LogP contribution in [0.25, 0.3) is 0 Å². The topological polar surface area (TPSA) is 23.6 Å². The Hall–Kier alpha value is -2.29. The third-order valence-electron chi connectivity index (χ3n) is 4.64. The lowest BCUT2D eigenvalue weighted by atomic mass is 9.93. The highest BCUT2D eigenvalue weighted by molar-refractivity contribution is 5.87. The molecule has 1 unspecified atom stereocenters. The highest BCUT2D eigenvalue weighted by Crippen LogP contribution is 2.46. The van der Waals surface area contributed by atoms with Crippen LogP contribution in [0.2, 0.25) is 0 Å². The van der Waals surface area contributed by atoms with Gasteiger partial charge in [0, 0.05) is 32.1 Å². The number of carbonyl (C=O) groups excluding carboxylic acids is 1. The molecule has 0 aromatic heterocycles. The molecule has 0 N–H and O–H groups in total. The van der Waals surface area contributed by atoms with Gasteiger partial charge >= 0.3 is 0 Å². The Balaban J connectivity index is 1.97. The lowest BCUT2D eigenvalue weighted by molar-refractivity contribution is -0.120. The van der Waals surface area contributed by atoms with Gasteiger partial charge in [0.15, 0.2) is 0 Å². The van der Waals surface area contributed by atoms with E-state index in [1.165, 1.54) is 22.6 Å². The number of hydrogen-bond donors (Lipinski definition) is 0. The van der Waals surface area contributed by atoms with Crippen molar-refractivity contribution >= 4 is 22.8 Å². The van der Waals surface area contributed by atoms with Crippen LogP contribution in [-0.2, 0) is 4.79 Å². The van der Waals surface area contributed by atoms with Crippen molar-refractivity contribution in [2.45, 2.75) is 18.9 Å². The first-order valence-electron chi connectivity index (χ1n) is 7.46. The molecule has 0 saturated carbocycles. The van der Waals surface area contributed by atoms with Gasteiger partial charge in [0.05, 0.1) is 17.4 Å². The summed E-state index contributed by atoms with van der Waals surface area (Å²) < 4.78 is 0. The largest absolute Gasteiger partial charge is 0.362 e. The molecule has 1 saturated heterocycles. The normalized spacial score (nSPS) is 20.4. The summed E-state index contributed by atoms with van der Waals surface area (Å²) in [6.45, 7) is 0.808. The second-order valence-electron chi connectivity index (χ2n) is 5.81. The maximum absolute atomic E-state index is 12.0. The van der Waals surface area contributed by atoms with Gasteiger partial charge in [0.2, 0.25) is 0 Å². The molecule has 0 amide bonds. The predicted molar refractivity (Wildman–Crippen MR) is 85.3 cm³/mol. The van der Waals surface area contributed by atoms with Crippen molar-refractivity contribution < 1.29 is 4.79 Å². The van der Waals surface area contributed by atoms with E-state index in [0.29, 0.717) is 18.6 Å². The molecule has 3 nitrogen and oxygen atoms in total. The number of hydrogen-bond acceptors (Lipinski definition) is 3. The molecule has 0 radical (unpaired) electrons. The standard InChI is InChI=1S/C18H18N2O/c1-19-15-7-3-2-6-14(15)18-12-13(21)10-11-20(18)17-9-5-4-8-16(17)19/h2-9,18H,10-12H2,1H3. The zero-order valence-electron chi connectivity index (χ0n) is 12.1. The number of Topliss-reactive ketones (excluding diaryl/α,β-unsaturated/α-hetero) is 1. The lowest BCUT2D eigenvalue weighted by Gasteiger charge is -2.36. The van der Waals surface area contributed by atoms with Gasteiger partial charge in [-0.3, -0.25) is 4.79 Å². The Morgan fingerprint density at radius 2 is 1.62 bits per heavy atom. The number of para-hydroxylation sites is 3. The van der Waals surface area contributed by atoms with Crippen LogP contribution >= 0.6 is 0 Å². The summed E-state index contributed by atoms with van der Waals surface area (Å²) in [6, 6.07) is 17.1. The van der Waals surface area contributed by atoms with E-state index in [1.807, 2.05) is 0 Å². The van der Waals surface area contributed by atoms with Gasteiger partial charge in [-0.25, -0.2) is 0 Å². The number of fused-ring (bicyclic) bond motifs is 5.